The van der Waals surface area contributed by atoms with Gasteiger partial charge in [0.15, 0.2) is 11.5 Å². The number of hydrogen-bond donors (Lipinski definition) is 3. The van der Waals surface area contributed by atoms with Gasteiger partial charge in [0.1, 0.15) is 11.5 Å². The monoisotopic (exact) mass is 415 g/mol. The van der Waals surface area contributed by atoms with E-state index in [-0.39, 0.29) is 37.0 Å². The lowest BCUT2D eigenvalue weighted by Crippen LogP contribution is -2.39. The van der Waals surface area contributed by atoms with Crippen LogP contribution in [0.1, 0.15) is 28.9 Å². The van der Waals surface area contributed by atoms with Gasteiger partial charge in [0.2, 0.25) is 12.7 Å². The van der Waals surface area contributed by atoms with E-state index in [1.165, 1.54) is 0 Å². The Balaban J connectivity index is 1.61. The van der Waals surface area contributed by atoms with Gasteiger partial charge in [-0.15, -0.1) is 0 Å². The lowest BCUT2D eigenvalue weighted by Gasteiger charge is -2.30. The number of benzene rings is 1. The minimum Gasteiger partial charge on any atom is -0.454 e. The lowest BCUT2D eigenvalue weighted by atomic mass is 10.0. The van der Waals surface area contributed by atoms with E-state index < -0.39 is 0 Å². The number of methoxy groups -OCH3 is 1. The van der Waals surface area contributed by atoms with Crippen molar-refractivity contribution in [2.24, 2.45) is 0 Å². The maximum Gasteiger partial charge on any atom is 0.277 e. The molecule has 1 atom stereocenters. The SMILES string of the molecule is COCCC(CCO)Nc1nc(N)nc2c1CCN(c1ccc3c(c1)OCO3)C2=O. The average molecular weight is 415 g/mol. The molecule has 0 fully saturated rings. The Morgan fingerprint density at radius 2 is 2.13 bits per heavy atom. The molecule has 4 rings (SSSR count). The van der Waals surface area contributed by atoms with Crippen LogP contribution in [-0.2, 0) is 11.2 Å². The maximum absolute atomic E-state index is 13.2. The van der Waals surface area contributed by atoms with Crippen molar-refractivity contribution in [1.82, 2.24) is 9.97 Å². The van der Waals surface area contributed by atoms with Crippen LogP contribution in [0.4, 0.5) is 17.5 Å². The van der Waals surface area contributed by atoms with E-state index in [0.29, 0.717) is 55.4 Å². The smallest absolute Gasteiger partial charge is 0.277 e. The van der Waals surface area contributed by atoms with Gasteiger partial charge < -0.3 is 35.3 Å². The number of carbonyl (C=O) groups is 1. The molecule has 10 heteroatoms. The van der Waals surface area contributed by atoms with Crippen molar-refractivity contribution in [1.29, 1.82) is 0 Å². The van der Waals surface area contributed by atoms with Gasteiger partial charge in [0.25, 0.3) is 5.91 Å². The van der Waals surface area contributed by atoms with Crippen molar-refractivity contribution in [3.05, 3.63) is 29.5 Å². The molecular weight excluding hydrogens is 390 g/mol. The number of carbonyl (C=O) groups excluding carboxylic acids is 1. The summed E-state index contributed by atoms with van der Waals surface area (Å²) in [5.74, 6) is 1.58. The van der Waals surface area contributed by atoms with Crippen molar-refractivity contribution >= 4 is 23.4 Å². The second-order valence-corrected chi connectivity index (χ2v) is 7.14. The first-order chi connectivity index (χ1) is 14.6. The molecule has 2 aliphatic heterocycles. The number of ether oxygens (including phenoxy) is 3. The average Bonchev–Trinajstić information content (AvgIpc) is 3.21. The molecule has 160 valence electrons. The van der Waals surface area contributed by atoms with Crippen LogP contribution in [-0.4, -0.2) is 60.7 Å². The Bertz CT molecular complexity index is 938. The van der Waals surface area contributed by atoms with Gasteiger partial charge in [0.05, 0.1) is 0 Å². The number of nitrogens with one attached hydrogen (secondary N) is 1. The Morgan fingerprint density at radius 1 is 1.30 bits per heavy atom. The van der Waals surface area contributed by atoms with Crippen molar-refractivity contribution < 1.29 is 24.1 Å². The molecule has 2 aromatic rings. The zero-order valence-electron chi connectivity index (χ0n) is 16.8. The first kappa shape index (κ1) is 20.2. The fourth-order valence-electron chi connectivity index (χ4n) is 3.68. The topological polar surface area (TPSA) is 132 Å². The van der Waals surface area contributed by atoms with Crippen molar-refractivity contribution in [3.63, 3.8) is 0 Å². The normalized spacial score (nSPS) is 15.8. The summed E-state index contributed by atoms with van der Waals surface area (Å²) >= 11 is 0. The van der Waals surface area contributed by atoms with Crippen LogP contribution in [0.3, 0.4) is 0 Å². The van der Waals surface area contributed by atoms with Crippen molar-refractivity contribution in [2.45, 2.75) is 25.3 Å². The summed E-state index contributed by atoms with van der Waals surface area (Å²) in [5, 5.41) is 12.7. The minimum atomic E-state index is -0.247. The van der Waals surface area contributed by atoms with Gasteiger partial charge >= 0.3 is 0 Å². The second kappa shape index (κ2) is 8.72. The zero-order valence-corrected chi connectivity index (χ0v) is 16.8. The van der Waals surface area contributed by atoms with Crippen LogP contribution in [0.15, 0.2) is 18.2 Å². The molecule has 0 saturated carbocycles. The summed E-state index contributed by atoms with van der Waals surface area (Å²) in [6, 6.07) is 5.34. The number of anilines is 3. The van der Waals surface area contributed by atoms with E-state index in [0.717, 1.165) is 5.56 Å². The third kappa shape index (κ3) is 3.96. The standard InChI is InChI=1S/C20H25N5O5/c1-28-9-6-12(5-8-26)22-18-14-4-7-25(19(27)17(14)23-20(21)24-18)13-2-3-15-16(10-13)30-11-29-15/h2-3,10,12,26H,4-9,11H2,1H3,(H3,21,22,23,24). The second-order valence-electron chi connectivity index (χ2n) is 7.14. The van der Waals surface area contributed by atoms with Gasteiger partial charge in [-0.25, -0.2) is 4.98 Å². The summed E-state index contributed by atoms with van der Waals surface area (Å²) in [6.07, 6.45) is 1.78. The molecule has 4 N–H and O–H groups in total. The molecule has 0 saturated heterocycles. The van der Waals surface area contributed by atoms with E-state index in [1.54, 1.807) is 24.1 Å². The van der Waals surface area contributed by atoms with E-state index >= 15 is 0 Å². The van der Waals surface area contributed by atoms with Crippen LogP contribution in [0.25, 0.3) is 0 Å². The number of fused-ring (bicyclic) bond motifs is 2. The summed E-state index contributed by atoms with van der Waals surface area (Å²) < 4.78 is 15.9. The number of aromatic nitrogens is 2. The number of hydrogen-bond acceptors (Lipinski definition) is 9. The summed E-state index contributed by atoms with van der Waals surface area (Å²) in [5.41, 5.74) is 7.63. The highest BCUT2D eigenvalue weighted by atomic mass is 16.7. The molecule has 0 aliphatic carbocycles. The van der Waals surface area contributed by atoms with Crippen molar-refractivity contribution in [2.75, 3.05) is 49.6 Å². The Labute approximate surface area is 174 Å². The zero-order chi connectivity index (χ0) is 21.1. The quantitative estimate of drug-likeness (QED) is 0.581. The highest BCUT2D eigenvalue weighted by molar-refractivity contribution is 6.07. The Morgan fingerprint density at radius 3 is 2.93 bits per heavy atom. The number of nitrogens with zero attached hydrogens (tertiary/aromatic N) is 3. The number of nitrogen functional groups attached to an aromatic ring is 1. The predicted molar refractivity (Wildman–Crippen MR) is 110 cm³/mol. The molecule has 1 unspecified atom stereocenters. The van der Waals surface area contributed by atoms with E-state index in [2.05, 4.69) is 15.3 Å². The number of aliphatic hydroxyl groups excluding tert-OH is 1. The molecular formula is C20H25N5O5. The van der Waals surface area contributed by atoms with Crippen LogP contribution in [0, 0.1) is 0 Å². The third-order valence-electron chi connectivity index (χ3n) is 5.21. The molecule has 0 bridgehead atoms. The van der Waals surface area contributed by atoms with Crippen LogP contribution < -0.4 is 25.4 Å². The molecule has 10 nitrogen and oxygen atoms in total. The van der Waals surface area contributed by atoms with E-state index in [1.807, 2.05) is 6.07 Å². The number of aliphatic hydroxyl groups is 1. The van der Waals surface area contributed by atoms with E-state index in [9.17, 15) is 9.90 Å². The van der Waals surface area contributed by atoms with E-state index in [4.69, 9.17) is 19.9 Å². The van der Waals surface area contributed by atoms with Gasteiger partial charge in [-0.3, -0.25) is 4.79 Å². The minimum absolute atomic E-state index is 0.0200. The molecule has 3 heterocycles. The molecule has 2 aliphatic rings. The van der Waals surface area contributed by atoms with Gasteiger partial charge in [0, 0.05) is 50.2 Å². The highest BCUT2D eigenvalue weighted by Gasteiger charge is 2.31. The molecule has 30 heavy (non-hydrogen) atoms. The third-order valence-corrected chi connectivity index (χ3v) is 5.21. The number of nitrogens with two attached hydrogens (primary N) is 1. The first-order valence-corrected chi connectivity index (χ1v) is 9.85. The summed E-state index contributed by atoms with van der Waals surface area (Å²) in [7, 11) is 1.63. The Kier molecular flexibility index (Phi) is 5.86. The predicted octanol–water partition coefficient (Wildman–Crippen LogP) is 1.19. The summed E-state index contributed by atoms with van der Waals surface area (Å²) in [4.78, 5) is 23.4. The number of rotatable bonds is 8. The van der Waals surface area contributed by atoms with Crippen LogP contribution in [0.2, 0.25) is 0 Å². The molecule has 0 spiro atoms. The molecule has 1 aromatic heterocycles. The highest BCUT2D eigenvalue weighted by Crippen LogP contribution is 2.37. The Hall–Kier alpha value is -3.11. The van der Waals surface area contributed by atoms with Gasteiger partial charge in [-0.05, 0) is 31.4 Å². The molecule has 1 amide bonds. The van der Waals surface area contributed by atoms with Crippen molar-refractivity contribution in [3.8, 4) is 11.5 Å². The maximum atomic E-state index is 13.2. The molecule has 1 aromatic carbocycles. The van der Waals surface area contributed by atoms with Crippen LogP contribution in [0.5, 0.6) is 11.5 Å². The van der Waals surface area contributed by atoms with Crippen LogP contribution >= 0.6 is 0 Å². The lowest BCUT2D eigenvalue weighted by molar-refractivity contribution is 0.0975. The number of amides is 1. The first-order valence-electron chi connectivity index (χ1n) is 9.85. The van der Waals surface area contributed by atoms with Gasteiger partial charge in [-0.1, -0.05) is 0 Å². The van der Waals surface area contributed by atoms with Gasteiger partial charge in [-0.2, -0.15) is 4.98 Å². The molecule has 0 radical (unpaired) electrons. The fraction of sp³-hybridized carbons (Fsp3) is 0.450. The fourth-order valence-corrected chi connectivity index (χ4v) is 3.68. The summed E-state index contributed by atoms with van der Waals surface area (Å²) in [6.45, 7) is 1.21. The largest absolute Gasteiger partial charge is 0.454 e.